The zero-order chi connectivity index (χ0) is 19.8. The zero-order valence-electron chi connectivity index (χ0n) is 15.8. The third-order valence-corrected chi connectivity index (χ3v) is 4.15. The lowest BCUT2D eigenvalue weighted by Crippen LogP contribution is -2.39. The summed E-state index contributed by atoms with van der Waals surface area (Å²) in [6.45, 7) is 2.14. The van der Waals surface area contributed by atoms with Crippen LogP contribution in [0.1, 0.15) is 17.3 Å². The van der Waals surface area contributed by atoms with E-state index >= 15 is 0 Å². The molecule has 2 aromatic carbocycles. The summed E-state index contributed by atoms with van der Waals surface area (Å²) in [5.74, 6) is 0.750. The maximum Gasteiger partial charge on any atom is 0.262 e. The van der Waals surface area contributed by atoms with Gasteiger partial charge in [0.15, 0.2) is 6.61 Å². The number of ether oxygens (including phenoxy) is 2. The van der Waals surface area contributed by atoms with E-state index in [-0.39, 0.29) is 24.5 Å². The van der Waals surface area contributed by atoms with E-state index in [0.29, 0.717) is 29.3 Å². The van der Waals surface area contributed by atoms with Gasteiger partial charge < -0.3 is 25.4 Å². The number of hydrogen-bond donors (Lipinski definition) is 2. The van der Waals surface area contributed by atoms with Gasteiger partial charge in [-0.1, -0.05) is 6.07 Å². The fraction of sp³-hybridized carbons (Fsp3) is 0.300. The van der Waals surface area contributed by atoms with Gasteiger partial charge in [-0.2, -0.15) is 0 Å². The van der Waals surface area contributed by atoms with Crippen LogP contribution >= 0.6 is 0 Å². The predicted octanol–water partition coefficient (Wildman–Crippen LogP) is 2.13. The fourth-order valence-electron chi connectivity index (χ4n) is 2.30. The van der Waals surface area contributed by atoms with Crippen LogP contribution in [-0.4, -0.2) is 50.1 Å². The van der Waals surface area contributed by atoms with Crippen LogP contribution in [0, 0.1) is 0 Å². The fourth-order valence-corrected chi connectivity index (χ4v) is 2.30. The molecule has 3 N–H and O–H groups in total. The number of nitrogens with two attached hydrogens (primary N) is 1. The van der Waals surface area contributed by atoms with E-state index < -0.39 is 0 Å². The molecule has 1 atom stereocenters. The standard InChI is InChI=1S/C20H25N3O4/c1-14(12-21)23(2)20(25)15-7-9-17(10-8-15)27-13-19(24)22-16-5-4-6-18(11-16)26-3/h4-11,14H,12-13,21H2,1-3H3,(H,22,24). The molecule has 2 aromatic rings. The van der Waals surface area contributed by atoms with E-state index in [1.165, 1.54) is 0 Å². The molecule has 0 aliphatic carbocycles. The van der Waals surface area contributed by atoms with Gasteiger partial charge in [-0.25, -0.2) is 0 Å². The second kappa shape index (κ2) is 9.59. The van der Waals surface area contributed by atoms with E-state index in [1.54, 1.807) is 67.6 Å². The molecule has 0 aromatic heterocycles. The number of benzene rings is 2. The van der Waals surface area contributed by atoms with Crippen LogP contribution in [0.15, 0.2) is 48.5 Å². The third-order valence-electron chi connectivity index (χ3n) is 4.15. The predicted molar refractivity (Wildman–Crippen MR) is 104 cm³/mol. The maximum atomic E-state index is 12.3. The summed E-state index contributed by atoms with van der Waals surface area (Å²) < 4.78 is 10.6. The molecule has 0 aliphatic rings. The molecule has 7 heteroatoms. The largest absolute Gasteiger partial charge is 0.497 e. The Balaban J connectivity index is 1.89. The quantitative estimate of drug-likeness (QED) is 0.741. The molecule has 0 fully saturated rings. The van der Waals surface area contributed by atoms with Gasteiger partial charge in [0.05, 0.1) is 7.11 Å². The van der Waals surface area contributed by atoms with Crippen LogP contribution in [0.5, 0.6) is 11.5 Å². The molecule has 0 bridgehead atoms. The summed E-state index contributed by atoms with van der Waals surface area (Å²) in [5, 5.41) is 2.73. The molecule has 0 spiro atoms. The molecular weight excluding hydrogens is 346 g/mol. The number of anilines is 1. The molecular formula is C20H25N3O4. The molecule has 0 aliphatic heterocycles. The second-order valence-corrected chi connectivity index (χ2v) is 6.09. The lowest BCUT2D eigenvalue weighted by Gasteiger charge is -2.23. The Hall–Kier alpha value is -3.06. The smallest absolute Gasteiger partial charge is 0.262 e. The van der Waals surface area contributed by atoms with Crippen LogP contribution in [0.4, 0.5) is 5.69 Å². The molecule has 0 heterocycles. The summed E-state index contributed by atoms with van der Waals surface area (Å²) in [7, 11) is 3.28. The average Bonchev–Trinajstić information content (AvgIpc) is 2.71. The molecule has 27 heavy (non-hydrogen) atoms. The van der Waals surface area contributed by atoms with Gasteiger partial charge in [0.25, 0.3) is 11.8 Å². The first-order valence-corrected chi connectivity index (χ1v) is 8.58. The van der Waals surface area contributed by atoms with Crippen molar-refractivity contribution < 1.29 is 19.1 Å². The second-order valence-electron chi connectivity index (χ2n) is 6.09. The van der Waals surface area contributed by atoms with Crippen molar-refractivity contribution in [1.29, 1.82) is 0 Å². The molecule has 1 unspecified atom stereocenters. The molecule has 144 valence electrons. The highest BCUT2D eigenvalue weighted by Crippen LogP contribution is 2.17. The van der Waals surface area contributed by atoms with Gasteiger partial charge in [-0.15, -0.1) is 0 Å². The Morgan fingerprint density at radius 2 is 1.85 bits per heavy atom. The summed E-state index contributed by atoms with van der Waals surface area (Å²) in [5.41, 5.74) is 6.75. The number of carbonyl (C=O) groups is 2. The van der Waals surface area contributed by atoms with E-state index in [1.807, 2.05) is 6.92 Å². The van der Waals surface area contributed by atoms with Gasteiger partial charge in [0.1, 0.15) is 11.5 Å². The van der Waals surface area contributed by atoms with E-state index in [4.69, 9.17) is 15.2 Å². The van der Waals surface area contributed by atoms with Crippen molar-refractivity contribution in [2.75, 3.05) is 32.6 Å². The van der Waals surface area contributed by atoms with Crippen LogP contribution in [0.3, 0.4) is 0 Å². The van der Waals surface area contributed by atoms with Crippen molar-refractivity contribution in [2.24, 2.45) is 5.73 Å². The van der Waals surface area contributed by atoms with Crippen LogP contribution in [-0.2, 0) is 4.79 Å². The van der Waals surface area contributed by atoms with Gasteiger partial charge in [-0.05, 0) is 43.3 Å². The minimum Gasteiger partial charge on any atom is -0.497 e. The first-order valence-electron chi connectivity index (χ1n) is 8.58. The minimum atomic E-state index is -0.292. The monoisotopic (exact) mass is 371 g/mol. The van der Waals surface area contributed by atoms with E-state index in [0.717, 1.165) is 0 Å². The highest BCUT2D eigenvalue weighted by atomic mass is 16.5. The average molecular weight is 371 g/mol. The summed E-state index contributed by atoms with van der Waals surface area (Å²) in [4.78, 5) is 25.9. The number of methoxy groups -OCH3 is 1. The van der Waals surface area contributed by atoms with Gasteiger partial charge in [0.2, 0.25) is 0 Å². The maximum absolute atomic E-state index is 12.3. The highest BCUT2D eigenvalue weighted by molar-refractivity contribution is 5.94. The van der Waals surface area contributed by atoms with E-state index in [9.17, 15) is 9.59 Å². The van der Waals surface area contributed by atoms with Crippen molar-refractivity contribution in [3.05, 3.63) is 54.1 Å². The van der Waals surface area contributed by atoms with Gasteiger partial charge >= 0.3 is 0 Å². The van der Waals surface area contributed by atoms with Crippen molar-refractivity contribution in [3.63, 3.8) is 0 Å². The van der Waals surface area contributed by atoms with Gasteiger partial charge in [0, 0.05) is 37.0 Å². The molecule has 2 amide bonds. The number of rotatable bonds is 8. The Labute approximate surface area is 159 Å². The van der Waals surface area contributed by atoms with Crippen molar-refractivity contribution in [3.8, 4) is 11.5 Å². The van der Waals surface area contributed by atoms with Gasteiger partial charge in [-0.3, -0.25) is 9.59 Å². The minimum absolute atomic E-state index is 0.0475. The Morgan fingerprint density at radius 1 is 1.15 bits per heavy atom. The Kier molecular flexibility index (Phi) is 7.19. The molecule has 0 saturated heterocycles. The number of carbonyl (C=O) groups excluding carboxylic acids is 2. The molecule has 7 nitrogen and oxygen atoms in total. The number of nitrogens with one attached hydrogen (secondary N) is 1. The molecule has 0 saturated carbocycles. The Morgan fingerprint density at radius 3 is 2.48 bits per heavy atom. The van der Waals surface area contributed by atoms with Crippen LogP contribution in [0.25, 0.3) is 0 Å². The topological polar surface area (TPSA) is 93.9 Å². The van der Waals surface area contributed by atoms with Crippen molar-refractivity contribution in [2.45, 2.75) is 13.0 Å². The third kappa shape index (κ3) is 5.72. The van der Waals surface area contributed by atoms with Crippen LogP contribution in [0.2, 0.25) is 0 Å². The van der Waals surface area contributed by atoms with Crippen molar-refractivity contribution in [1.82, 2.24) is 4.90 Å². The number of hydrogen-bond acceptors (Lipinski definition) is 5. The Bertz CT molecular complexity index is 777. The molecule has 2 rings (SSSR count). The van der Waals surface area contributed by atoms with Crippen molar-refractivity contribution >= 4 is 17.5 Å². The summed E-state index contributed by atoms with van der Waals surface area (Å²) in [6.07, 6.45) is 0. The lowest BCUT2D eigenvalue weighted by molar-refractivity contribution is -0.118. The number of amides is 2. The first kappa shape index (κ1) is 20.3. The number of nitrogens with zero attached hydrogens (tertiary/aromatic N) is 1. The zero-order valence-corrected chi connectivity index (χ0v) is 15.8. The van der Waals surface area contributed by atoms with E-state index in [2.05, 4.69) is 5.32 Å². The lowest BCUT2D eigenvalue weighted by atomic mass is 10.1. The summed E-state index contributed by atoms with van der Waals surface area (Å²) in [6, 6.07) is 13.7. The van der Waals surface area contributed by atoms with Crippen LogP contribution < -0.4 is 20.5 Å². The normalized spacial score (nSPS) is 11.4. The summed E-state index contributed by atoms with van der Waals surface area (Å²) >= 11 is 0. The highest BCUT2D eigenvalue weighted by Gasteiger charge is 2.16. The SMILES string of the molecule is COc1cccc(NC(=O)COc2ccc(C(=O)N(C)C(C)CN)cc2)c1. The number of likely N-dealkylation sites (N-methyl/N-ethyl adjacent to an activating group) is 1. The first-order chi connectivity index (χ1) is 12.9. The molecule has 0 radical (unpaired) electrons.